The number of ether oxygens (including phenoxy) is 2. The van der Waals surface area contributed by atoms with Crippen molar-refractivity contribution in [3.8, 4) is 22.5 Å². The number of alkyl halides is 5. The summed E-state index contributed by atoms with van der Waals surface area (Å²) in [6.07, 6.45) is -7.86. The van der Waals surface area contributed by atoms with Crippen LogP contribution < -0.4 is 0 Å². The number of nitrogens with zero attached hydrogens (tertiary/aromatic N) is 7. The Morgan fingerprint density at radius 3 is 2.20 bits per heavy atom. The van der Waals surface area contributed by atoms with Crippen molar-refractivity contribution in [1.82, 2.24) is 35.1 Å². The molecule has 3 N–H and O–H groups in total. The molecule has 0 aliphatic rings. The number of carbonyl (C=O) groups excluding carboxylic acids is 1. The molecule has 5 aromatic rings. The molecule has 0 aliphatic heterocycles. The minimum absolute atomic E-state index is 0.0402. The lowest BCUT2D eigenvalue weighted by Gasteiger charge is -2.18. The molecule has 0 spiro atoms. The number of aryl methyl sites for hydroxylation is 1. The Kier molecular flexibility index (Phi) is 12.0. The van der Waals surface area contributed by atoms with Crippen molar-refractivity contribution in [2.45, 2.75) is 64.8 Å². The maximum atomic E-state index is 14.4. The van der Waals surface area contributed by atoms with Crippen molar-refractivity contribution in [1.29, 1.82) is 0 Å². The van der Waals surface area contributed by atoms with Gasteiger partial charge in [-0.2, -0.15) is 22.0 Å². The molecule has 54 heavy (non-hydrogen) atoms. The summed E-state index contributed by atoms with van der Waals surface area (Å²) in [6.45, 7) is 2.48. The first kappa shape index (κ1) is 39.4. The highest BCUT2D eigenvalue weighted by molar-refractivity contribution is 5.87. The highest BCUT2D eigenvalue weighted by atomic mass is 19.4. The lowest BCUT2D eigenvalue weighted by molar-refractivity contribution is -0.497. The van der Waals surface area contributed by atoms with Gasteiger partial charge in [-0.15, -0.1) is 15.0 Å². The largest absolute Gasteiger partial charge is 0.510 e. The Bertz CT molecular complexity index is 2090. The molecule has 20 heteroatoms. The van der Waals surface area contributed by atoms with E-state index in [9.17, 15) is 36.6 Å². The first-order chi connectivity index (χ1) is 25.6. The molecule has 1 unspecified atom stereocenters. The highest BCUT2D eigenvalue weighted by Crippen LogP contribution is 2.45. The summed E-state index contributed by atoms with van der Waals surface area (Å²) in [4.78, 5) is 33.5. The van der Waals surface area contributed by atoms with Crippen LogP contribution in [0.5, 0.6) is 0 Å². The van der Waals surface area contributed by atoms with Crippen LogP contribution in [-0.4, -0.2) is 69.0 Å². The Morgan fingerprint density at radius 1 is 0.907 bits per heavy atom. The molecule has 0 saturated carbocycles. The predicted octanol–water partition coefficient (Wildman–Crippen LogP) is 6.94. The van der Waals surface area contributed by atoms with E-state index in [0.717, 1.165) is 9.36 Å². The molecule has 5 rings (SSSR count). The van der Waals surface area contributed by atoms with E-state index >= 15 is 0 Å². The molecular formula is C34H32F5N7O8. The lowest BCUT2D eigenvalue weighted by Crippen LogP contribution is -2.35. The summed E-state index contributed by atoms with van der Waals surface area (Å²) in [6, 6.07) is 20.0. The molecule has 0 radical (unpaired) electrons. The van der Waals surface area contributed by atoms with Gasteiger partial charge < -0.3 is 19.1 Å². The quantitative estimate of drug-likeness (QED) is 0.0566. The van der Waals surface area contributed by atoms with Crippen molar-refractivity contribution >= 4 is 12.1 Å². The molecule has 2 heterocycles. The molecule has 2 aromatic heterocycles. The smallest absolute Gasteiger partial charge is 0.477 e. The van der Waals surface area contributed by atoms with Crippen molar-refractivity contribution in [2.24, 2.45) is 0 Å². The van der Waals surface area contributed by atoms with Gasteiger partial charge in [-0.1, -0.05) is 79.7 Å². The topological polar surface area (TPSA) is 187 Å². The zero-order valence-electron chi connectivity index (χ0n) is 28.4. The third-order valence-electron chi connectivity index (χ3n) is 7.86. The van der Waals surface area contributed by atoms with E-state index in [4.69, 9.17) is 19.9 Å². The maximum Gasteiger partial charge on any atom is 0.510 e. The van der Waals surface area contributed by atoms with Crippen LogP contribution in [0.4, 0.5) is 26.7 Å². The molecule has 0 fully saturated rings. The van der Waals surface area contributed by atoms with Gasteiger partial charge in [0.1, 0.15) is 12.4 Å². The number of halogens is 5. The normalized spacial score (nSPS) is 12.6. The minimum Gasteiger partial charge on any atom is -0.477 e. The van der Waals surface area contributed by atoms with Gasteiger partial charge in [-0.25, -0.2) is 19.4 Å². The van der Waals surface area contributed by atoms with Crippen molar-refractivity contribution in [3.63, 3.8) is 0 Å². The van der Waals surface area contributed by atoms with Crippen LogP contribution in [0.3, 0.4) is 0 Å². The second kappa shape index (κ2) is 16.5. The van der Waals surface area contributed by atoms with Crippen molar-refractivity contribution in [2.75, 3.05) is 0 Å². The fourth-order valence-electron chi connectivity index (χ4n) is 5.35. The number of tetrazole rings is 1. The summed E-state index contributed by atoms with van der Waals surface area (Å²) < 4.78 is 79.8. The van der Waals surface area contributed by atoms with Crippen molar-refractivity contribution < 1.29 is 61.4 Å². The van der Waals surface area contributed by atoms with Crippen molar-refractivity contribution in [3.05, 3.63) is 107 Å². The third kappa shape index (κ3) is 9.02. The zero-order chi connectivity index (χ0) is 39.2. The van der Waals surface area contributed by atoms with Gasteiger partial charge in [0.15, 0.2) is 11.4 Å². The van der Waals surface area contributed by atoms with E-state index in [-0.39, 0.29) is 37.8 Å². The molecule has 0 aliphatic carbocycles. The number of carbonyl (C=O) groups is 2. The molecule has 15 nitrogen and oxygen atoms in total. The maximum absolute atomic E-state index is 14.4. The first-order valence-corrected chi connectivity index (χ1v) is 16.1. The second-order valence-corrected chi connectivity index (χ2v) is 11.7. The van der Waals surface area contributed by atoms with E-state index in [0.29, 0.717) is 39.8 Å². The van der Waals surface area contributed by atoms with Gasteiger partial charge in [-0.3, -0.25) is 10.4 Å². The Hall–Kier alpha value is -5.83. The van der Waals surface area contributed by atoms with E-state index in [1.165, 1.54) is 6.92 Å². The van der Waals surface area contributed by atoms with E-state index < -0.39 is 47.2 Å². The zero-order valence-corrected chi connectivity index (χ0v) is 28.4. The number of imidazole rings is 1. The molecule has 0 amide bonds. The number of aromatic carboxylic acids is 1. The van der Waals surface area contributed by atoms with Crippen LogP contribution in [0.25, 0.3) is 22.5 Å². The molecule has 286 valence electrons. The van der Waals surface area contributed by atoms with Crippen LogP contribution in [0.15, 0.2) is 72.8 Å². The summed E-state index contributed by atoms with van der Waals surface area (Å²) in [5.41, 5.74) is 0.217. The van der Waals surface area contributed by atoms with E-state index in [1.54, 1.807) is 79.7 Å². The van der Waals surface area contributed by atoms with E-state index in [2.05, 4.69) is 25.2 Å². The average Bonchev–Trinajstić information content (AvgIpc) is 3.76. The SMILES string of the molecule is CCCc1nc(C(F)(F)C(F)(F)F)c(C(=O)O)n1Cc1ccc(-c2ccccc2-c2nnn(C(C)OC(=O)OCc3cccc(CON(O)O)c3)n2)cc1. The van der Waals surface area contributed by atoms with Gasteiger partial charge in [0.25, 0.3) is 0 Å². The summed E-state index contributed by atoms with van der Waals surface area (Å²) in [5, 5.41) is 39.1. The Morgan fingerprint density at radius 2 is 1.57 bits per heavy atom. The summed E-state index contributed by atoms with van der Waals surface area (Å²) in [7, 11) is 0. The number of benzene rings is 3. The molecule has 1 atom stereocenters. The van der Waals surface area contributed by atoms with Gasteiger partial charge in [0.2, 0.25) is 12.1 Å². The predicted molar refractivity (Wildman–Crippen MR) is 174 cm³/mol. The van der Waals surface area contributed by atoms with Crippen LogP contribution in [0.1, 0.15) is 65.2 Å². The fraction of sp³-hybridized carbons (Fsp3) is 0.294. The Balaban J connectivity index is 1.30. The standard InChI is InChI=1S/C34H32F5N7O8/c1-3-7-27-40-29(33(35,36)34(37,38)39)28(31(47)48)44(27)17-21-12-14-24(15-13-21)25-10-4-5-11-26(25)30-41-43-45(42-30)20(2)54-32(49)52-18-22-8-6-9-23(16-22)19-53-46(50)51/h4-6,8-16,20,50-51H,3,7,17-19H2,1-2H3,(H,47,48). The number of carboxylic acid groups (broad SMARTS) is 1. The number of aromatic nitrogens is 6. The summed E-state index contributed by atoms with van der Waals surface area (Å²) in [5.74, 6) is -7.52. The van der Waals surface area contributed by atoms with Gasteiger partial charge >= 0.3 is 24.2 Å². The second-order valence-electron chi connectivity index (χ2n) is 11.7. The average molecular weight is 762 g/mol. The lowest BCUT2D eigenvalue weighted by atomic mass is 9.98. The highest BCUT2D eigenvalue weighted by Gasteiger charge is 2.62. The molecule has 3 aromatic carbocycles. The molecule has 0 saturated heterocycles. The first-order valence-electron chi connectivity index (χ1n) is 16.1. The van der Waals surface area contributed by atoms with Crippen LogP contribution >= 0.6 is 0 Å². The number of carboxylic acids is 1. The minimum atomic E-state index is -6.05. The monoisotopic (exact) mass is 761 g/mol. The number of hydrogen-bond donors (Lipinski definition) is 3. The van der Waals surface area contributed by atoms with Crippen LogP contribution in [-0.2, 0) is 46.4 Å². The number of rotatable bonds is 15. The number of hydrogen-bond acceptors (Lipinski definition) is 12. The van der Waals surface area contributed by atoms with Crippen LogP contribution in [0, 0.1) is 0 Å². The third-order valence-corrected chi connectivity index (χ3v) is 7.86. The van der Waals surface area contributed by atoms with Gasteiger partial charge in [-0.05, 0) is 46.4 Å². The fourth-order valence-corrected chi connectivity index (χ4v) is 5.35. The molecule has 0 bridgehead atoms. The van der Waals surface area contributed by atoms with Gasteiger partial charge in [0.05, 0.1) is 12.0 Å². The van der Waals surface area contributed by atoms with Gasteiger partial charge in [0, 0.05) is 18.5 Å². The molecular weight excluding hydrogens is 729 g/mol. The Labute approximate surface area is 302 Å². The van der Waals surface area contributed by atoms with E-state index in [1.807, 2.05) is 0 Å². The van der Waals surface area contributed by atoms with Crippen LogP contribution in [0.2, 0.25) is 0 Å². The summed E-state index contributed by atoms with van der Waals surface area (Å²) >= 11 is 0.